The standard InChI is InChI=1S/C17H24ClN3/c1-5-8-15-13(11-19-17(2,3)4)12-20-21(15)16-10-7-6-9-14(16)18/h6-7,9-10,12,19H,5,8,11H2,1-4H3. The van der Waals surface area contributed by atoms with Gasteiger partial charge in [-0.05, 0) is 39.3 Å². The topological polar surface area (TPSA) is 29.9 Å². The molecule has 1 aromatic carbocycles. The SMILES string of the molecule is CCCc1c(CNC(C)(C)C)cnn1-c1ccccc1Cl. The van der Waals surface area contributed by atoms with Crippen LogP contribution in [0.3, 0.4) is 0 Å². The highest BCUT2D eigenvalue weighted by molar-refractivity contribution is 6.32. The quantitative estimate of drug-likeness (QED) is 0.889. The fourth-order valence-corrected chi connectivity index (χ4v) is 2.47. The van der Waals surface area contributed by atoms with Crippen molar-refractivity contribution in [2.75, 3.05) is 0 Å². The summed E-state index contributed by atoms with van der Waals surface area (Å²) >= 11 is 6.31. The van der Waals surface area contributed by atoms with Crippen molar-refractivity contribution < 1.29 is 0 Å². The van der Waals surface area contributed by atoms with Gasteiger partial charge >= 0.3 is 0 Å². The van der Waals surface area contributed by atoms with Gasteiger partial charge in [0.2, 0.25) is 0 Å². The molecule has 4 heteroatoms. The molecule has 3 nitrogen and oxygen atoms in total. The molecule has 1 heterocycles. The minimum Gasteiger partial charge on any atom is -0.308 e. The number of rotatable bonds is 5. The first-order valence-corrected chi connectivity index (χ1v) is 7.86. The Hall–Kier alpha value is -1.32. The van der Waals surface area contributed by atoms with E-state index in [9.17, 15) is 0 Å². The lowest BCUT2D eigenvalue weighted by molar-refractivity contribution is 0.423. The summed E-state index contributed by atoms with van der Waals surface area (Å²) in [5.74, 6) is 0. The summed E-state index contributed by atoms with van der Waals surface area (Å²) in [7, 11) is 0. The Labute approximate surface area is 132 Å². The third kappa shape index (κ3) is 4.08. The normalized spacial score (nSPS) is 11.9. The summed E-state index contributed by atoms with van der Waals surface area (Å²) in [4.78, 5) is 0. The van der Waals surface area contributed by atoms with E-state index in [1.807, 2.05) is 35.1 Å². The van der Waals surface area contributed by atoms with E-state index in [-0.39, 0.29) is 5.54 Å². The van der Waals surface area contributed by atoms with Gasteiger partial charge in [-0.25, -0.2) is 4.68 Å². The minimum absolute atomic E-state index is 0.0932. The molecule has 0 radical (unpaired) electrons. The van der Waals surface area contributed by atoms with Crippen LogP contribution in [0.2, 0.25) is 5.02 Å². The van der Waals surface area contributed by atoms with Crippen LogP contribution in [0.4, 0.5) is 0 Å². The molecule has 21 heavy (non-hydrogen) atoms. The molecule has 0 amide bonds. The molecule has 2 aromatic rings. The Kier molecular flexibility index (Phi) is 5.07. The molecule has 114 valence electrons. The largest absolute Gasteiger partial charge is 0.308 e. The number of benzene rings is 1. The zero-order chi connectivity index (χ0) is 15.5. The molecule has 0 bridgehead atoms. The van der Waals surface area contributed by atoms with Gasteiger partial charge in [0.25, 0.3) is 0 Å². The smallest absolute Gasteiger partial charge is 0.0835 e. The lowest BCUT2D eigenvalue weighted by Gasteiger charge is -2.20. The molecule has 0 fully saturated rings. The van der Waals surface area contributed by atoms with Crippen LogP contribution >= 0.6 is 11.6 Å². The molecular weight excluding hydrogens is 282 g/mol. The Morgan fingerprint density at radius 3 is 2.57 bits per heavy atom. The van der Waals surface area contributed by atoms with Gasteiger partial charge in [-0.2, -0.15) is 5.10 Å². The van der Waals surface area contributed by atoms with Crippen molar-refractivity contribution in [3.05, 3.63) is 46.7 Å². The number of hydrogen-bond acceptors (Lipinski definition) is 2. The summed E-state index contributed by atoms with van der Waals surface area (Å²) in [6, 6.07) is 7.85. The number of hydrogen-bond donors (Lipinski definition) is 1. The predicted octanol–water partition coefficient (Wildman–Crippen LogP) is 4.37. The molecule has 0 spiro atoms. The molecule has 1 N–H and O–H groups in total. The summed E-state index contributed by atoms with van der Waals surface area (Å²) < 4.78 is 1.98. The average Bonchev–Trinajstić information content (AvgIpc) is 2.80. The van der Waals surface area contributed by atoms with Crippen LogP contribution in [0, 0.1) is 0 Å². The highest BCUT2D eigenvalue weighted by Gasteiger charge is 2.15. The second-order valence-electron chi connectivity index (χ2n) is 6.33. The Bertz CT molecular complexity index is 596. The maximum atomic E-state index is 6.31. The van der Waals surface area contributed by atoms with E-state index in [0.29, 0.717) is 0 Å². The van der Waals surface area contributed by atoms with Crippen LogP contribution in [0.5, 0.6) is 0 Å². The van der Waals surface area contributed by atoms with Gasteiger partial charge in [0.05, 0.1) is 16.9 Å². The third-order valence-corrected chi connectivity index (χ3v) is 3.65. The Morgan fingerprint density at radius 1 is 1.24 bits per heavy atom. The van der Waals surface area contributed by atoms with Gasteiger partial charge in [-0.15, -0.1) is 0 Å². The van der Waals surface area contributed by atoms with E-state index in [2.05, 4.69) is 38.1 Å². The first-order valence-electron chi connectivity index (χ1n) is 7.48. The molecule has 0 saturated carbocycles. The van der Waals surface area contributed by atoms with Crippen molar-refractivity contribution in [3.63, 3.8) is 0 Å². The van der Waals surface area contributed by atoms with E-state index in [4.69, 9.17) is 11.6 Å². The van der Waals surface area contributed by atoms with E-state index in [0.717, 1.165) is 30.1 Å². The first kappa shape index (κ1) is 16.1. The Morgan fingerprint density at radius 2 is 1.95 bits per heavy atom. The molecule has 0 aliphatic heterocycles. The summed E-state index contributed by atoms with van der Waals surface area (Å²) in [5.41, 5.74) is 3.52. The fourth-order valence-electron chi connectivity index (χ4n) is 2.25. The van der Waals surface area contributed by atoms with Gasteiger partial charge in [0.1, 0.15) is 0 Å². The highest BCUT2D eigenvalue weighted by Crippen LogP contribution is 2.23. The zero-order valence-corrected chi connectivity index (χ0v) is 14.0. The van der Waals surface area contributed by atoms with Gasteiger partial charge in [-0.3, -0.25) is 0 Å². The highest BCUT2D eigenvalue weighted by atomic mass is 35.5. The molecule has 0 atom stereocenters. The van der Waals surface area contributed by atoms with Crippen molar-refractivity contribution >= 4 is 11.6 Å². The third-order valence-electron chi connectivity index (χ3n) is 3.33. The summed E-state index contributed by atoms with van der Waals surface area (Å²) in [5, 5.41) is 8.82. The average molecular weight is 306 g/mol. The number of para-hydroxylation sites is 1. The van der Waals surface area contributed by atoms with Crippen molar-refractivity contribution in [1.82, 2.24) is 15.1 Å². The predicted molar refractivity (Wildman–Crippen MR) is 89.2 cm³/mol. The van der Waals surface area contributed by atoms with Crippen molar-refractivity contribution in [2.24, 2.45) is 0 Å². The van der Waals surface area contributed by atoms with Crippen molar-refractivity contribution in [1.29, 1.82) is 0 Å². The molecule has 0 aliphatic rings. The fraction of sp³-hybridized carbons (Fsp3) is 0.471. The Balaban J connectivity index is 2.35. The van der Waals surface area contributed by atoms with E-state index in [1.165, 1.54) is 11.3 Å². The van der Waals surface area contributed by atoms with Gasteiger partial charge in [-0.1, -0.05) is 37.1 Å². The van der Waals surface area contributed by atoms with Crippen molar-refractivity contribution in [3.8, 4) is 5.69 Å². The minimum atomic E-state index is 0.0932. The lowest BCUT2D eigenvalue weighted by Crippen LogP contribution is -2.35. The second-order valence-corrected chi connectivity index (χ2v) is 6.74. The first-order chi connectivity index (χ1) is 9.92. The van der Waals surface area contributed by atoms with Crippen LogP contribution in [-0.2, 0) is 13.0 Å². The summed E-state index contributed by atoms with van der Waals surface area (Å²) in [6.45, 7) is 9.52. The number of halogens is 1. The van der Waals surface area contributed by atoms with Gasteiger partial charge in [0, 0.05) is 23.3 Å². The maximum Gasteiger partial charge on any atom is 0.0835 e. The van der Waals surface area contributed by atoms with Gasteiger partial charge < -0.3 is 5.32 Å². The number of nitrogens with zero attached hydrogens (tertiary/aromatic N) is 2. The van der Waals surface area contributed by atoms with Crippen LogP contribution in [0.1, 0.15) is 45.4 Å². The van der Waals surface area contributed by atoms with E-state index >= 15 is 0 Å². The van der Waals surface area contributed by atoms with E-state index in [1.54, 1.807) is 0 Å². The van der Waals surface area contributed by atoms with Crippen molar-refractivity contribution in [2.45, 2.75) is 52.6 Å². The molecule has 0 aliphatic carbocycles. The summed E-state index contributed by atoms with van der Waals surface area (Å²) in [6.07, 6.45) is 4.03. The monoisotopic (exact) mass is 305 g/mol. The number of aromatic nitrogens is 2. The molecule has 1 aromatic heterocycles. The van der Waals surface area contributed by atoms with Crippen LogP contribution in [0.25, 0.3) is 5.69 Å². The van der Waals surface area contributed by atoms with E-state index < -0.39 is 0 Å². The lowest BCUT2D eigenvalue weighted by atomic mass is 10.1. The van der Waals surface area contributed by atoms with Crippen LogP contribution in [-0.4, -0.2) is 15.3 Å². The van der Waals surface area contributed by atoms with Gasteiger partial charge in [0.15, 0.2) is 0 Å². The van der Waals surface area contributed by atoms with Crippen LogP contribution < -0.4 is 5.32 Å². The molecular formula is C17H24ClN3. The van der Waals surface area contributed by atoms with Crippen LogP contribution in [0.15, 0.2) is 30.5 Å². The number of nitrogens with one attached hydrogen (secondary N) is 1. The maximum absolute atomic E-state index is 6.31. The molecule has 2 rings (SSSR count). The second kappa shape index (κ2) is 6.63. The molecule has 0 saturated heterocycles. The zero-order valence-electron chi connectivity index (χ0n) is 13.3. The molecule has 0 unspecified atom stereocenters.